The number of H-pyrrole nitrogens is 1. The highest BCUT2D eigenvalue weighted by molar-refractivity contribution is 7.61. The molecule has 2 aromatic heterocycles. The van der Waals surface area contributed by atoms with Gasteiger partial charge < -0.3 is 50.4 Å². The van der Waals surface area contributed by atoms with Crippen LogP contribution in [-0.2, 0) is 27.2 Å². The summed E-state index contributed by atoms with van der Waals surface area (Å²) in [6.45, 7) is 0.527. The van der Waals surface area contributed by atoms with E-state index in [1.165, 1.54) is 17.8 Å². The maximum absolute atomic E-state index is 12.3. The van der Waals surface area contributed by atoms with E-state index in [1.807, 2.05) is 0 Å². The molecule has 1 saturated carbocycles. The number of hydrogen-bond donors (Lipinski definition) is 9. The van der Waals surface area contributed by atoms with Gasteiger partial charge >= 0.3 is 15.6 Å². The molecule has 3 heterocycles. The minimum atomic E-state index is -5.46. The van der Waals surface area contributed by atoms with Crippen LogP contribution < -0.4 is 11.3 Å². The number of phosphoric acid groups is 2. The molecule has 38 heavy (non-hydrogen) atoms. The van der Waals surface area contributed by atoms with E-state index in [2.05, 4.69) is 23.8 Å². The number of phosphoric ester groups is 2. The number of hydrogen-bond acceptors (Lipinski definition) is 15. The van der Waals surface area contributed by atoms with Crippen molar-refractivity contribution < 1.29 is 62.5 Å². The van der Waals surface area contributed by atoms with E-state index in [-0.39, 0.29) is 23.5 Å². The van der Waals surface area contributed by atoms with Crippen molar-refractivity contribution in [2.75, 3.05) is 12.3 Å². The SMILES string of the molecule is C[C@@H]1O[C@@H](OP(=O)(O)OP(=O)(O)OC[C@H]2C[C@@H](n3cnc4c(=O)[nH]c(N)nc43)[C@H](O)[C@@H]2O)[C@@H](O)[C@H](O)[C@@H]1O. The van der Waals surface area contributed by atoms with Crippen LogP contribution in [0.15, 0.2) is 11.1 Å². The van der Waals surface area contributed by atoms with Crippen LogP contribution >= 0.6 is 15.6 Å². The molecule has 0 amide bonds. The van der Waals surface area contributed by atoms with Crippen molar-refractivity contribution in [2.24, 2.45) is 5.92 Å². The van der Waals surface area contributed by atoms with E-state index >= 15 is 0 Å². The van der Waals surface area contributed by atoms with Crippen LogP contribution in [0.5, 0.6) is 0 Å². The fourth-order valence-corrected chi connectivity index (χ4v) is 6.52. The van der Waals surface area contributed by atoms with Crippen molar-refractivity contribution in [1.82, 2.24) is 19.5 Å². The number of aromatic amines is 1. The fourth-order valence-electron chi connectivity index (χ4n) is 4.32. The van der Waals surface area contributed by atoms with Crippen molar-refractivity contribution in [3.05, 3.63) is 16.7 Å². The lowest BCUT2D eigenvalue weighted by Gasteiger charge is -2.38. The molecule has 2 fully saturated rings. The van der Waals surface area contributed by atoms with Gasteiger partial charge in [0.1, 0.15) is 24.4 Å². The fraction of sp³-hybridized carbons (Fsp3) is 0.706. The van der Waals surface area contributed by atoms with Gasteiger partial charge in [0.25, 0.3) is 5.56 Å². The first-order chi connectivity index (χ1) is 17.6. The molecule has 0 aromatic carbocycles. The molecule has 10 N–H and O–H groups in total. The number of aliphatic hydroxyl groups is 5. The molecule has 4 rings (SSSR count). The standard InChI is InChI=1S/C17H27N5O14P2/c1-5-9(23)12(26)13(27)16(34-5)35-38(31,32)36-37(29,30)33-3-6-2-7(11(25)10(6)24)22-4-19-8-14(22)20-17(18)21-15(8)28/h4-7,9-13,16,23-27H,2-3H2,1H3,(H,29,30)(H,31,32)(H3,18,20,21,28)/t5-,6+,7+,9+,10+,11-,12+,13-,16-/m0/s1. The minimum absolute atomic E-state index is 0.0256. The average Bonchev–Trinajstić information content (AvgIpc) is 3.35. The molecule has 21 heteroatoms. The zero-order chi connectivity index (χ0) is 28.2. The smallest absolute Gasteiger partial charge is 0.390 e. The predicted molar refractivity (Wildman–Crippen MR) is 122 cm³/mol. The number of aliphatic hydroxyl groups excluding tert-OH is 5. The molecule has 0 spiro atoms. The predicted octanol–water partition coefficient (Wildman–Crippen LogP) is -2.94. The quantitative estimate of drug-likeness (QED) is 0.140. The zero-order valence-electron chi connectivity index (χ0n) is 19.5. The minimum Gasteiger partial charge on any atom is -0.390 e. The first-order valence-electron chi connectivity index (χ1n) is 11.1. The Labute approximate surface area is 212 Å². The molecule has 1 aliphatic heterocycles. The third-order valence-corrected chi connectivity index (χ3v) is 8.88. The molecule has 1 saturated heterocycles. The largest absolute Gasteiger partial charge is 0.483 e. The van der Waals surface area contributed by atoms with E-state index < -0.39 is 82.7 Å². The van der Waals surface area contributed by atoms with Gasteiger partial charge in [0, 0.05) is 5.92 Å². The van der Waals surface area contributed by atoms with Crippen LogP contribution in [0.2, 0.25) is 0 Å². The Bertz CT molecular complexity index is 1320. The van der Waals surface area contributed by atoms with Gasteiger partial charge in [0.15, 0.2) is 17.5 Å². The van der Waals surface area contributed by atoms with E-state index in [4.69, 9.17) is 15.0 Å². The number of imidazole rings is 1. The van der Waals surface area contributed by atoms with E-state index in [1.54, 1.807) is 0 Å². The van der Waals surface area contributed by atoms with Crippen LogP contribution in [0.3, 0.4) is 0 Å². The van der Waals surface area contributed by atoms with E-state index in [0.29, 0.717) is 0 Å². The van der Waals surface area contributed by atoms with Crippen molar-refractivity contribution in [1.29, 1.82) is 0 Å². The lowest BCUT2D eigenvalue weighted by atomic mass is 10.0. The average molecular weight is 587 g/mol. The summed E-state index contributed by atoms with van der Waals surface area (Å²) in [7, 11) is -10.8. The Morgan fingerprint density at radius 2 is 1.79 bits per heavy atom. The van der Waals surface area contributed by atoms with Gasteiger partial charge in [-0.25, -0.2) is 14.1 Å². The number of nitrogen functional groups attached to an aromatic ring is 1. The van der Waals surface area contributed by atoms with Crippen molar-refractivity contribution in [3.63, 3.8) is 0 Å². The van der Waals surface area contributed by atoms with Gasteiger partial charge in [-0.1, -0.05) is 0 Å². The number of nitrogens with one attached hydrogen (secondary N) is 1. The molecular formula is C17H27N5O14P2. The topological polar surface area (TPSA) is 302 Å². The summed E-state index contributed by atoms with van der Waals surface area (Å²) in [5.74, 6) is -1.21. The summed E-state index contributed by atoms with van der Waals surface area (Å²) in [4.78, 5) is 42.0. The first kappa shape index (κ1) is 29.2. The maximum Gasteiger partial charge on any atom is 0.483 e. The molecule has 2 unspecified atom stereocenters. The Morgan fingerprint density at radius 1 is 1.11 bits per heavy atom. The van der Waals surface area contributed by atoms with Crippen LogP contribution in [-0.4, -0.2) is 104 Å². The number of aromatic nitrogens is 4. The van der Waals surface area contributed by atoms with Gasteiger partial charge in [-0.05, 0) is 13.3 Å². The molecular weight excluding hydrogens is 560 g/mol. The number of nitrogens with two attached hydrogens (primary N) is 1. The van der Waals surface area contributed by atoms with Crippen LogP contribution in [0.1, 0.15) is 19.4 Å². The number of fused-ring (bicyclic) bond motifs is 1. The van der Waals surface area contributed by atoms with Gasteiger partial charge in [-0.3, -0.25) is 18.8 Å². The summed E-state index contributed by atoms with van der Waals surface area (Å²) in [5, 5.41) is 50.3. The second-order valence-corrected chi connectivity index (χ2v) is 11.9. The van der Waals surface area contributed by atoms with E-state index in [0.717, 1.165) is 0 Å². The Morgan fingerprint density at radius 3 is 2.47 bits per heavy atom. The van der Waals surface area contributed by atoms with Crippen molar-refractivity contribution >= 4 is 32.8 Å². The summed E-state index contributed by atoms with van der Waals surface area (Å²) in [6.07, 6.45) is -10.3. The molecule has 19 nitrogen and oxygen atoms in total. The van der Waals surface area contributed by atoms with Crippen LogP contribution in [0.4, 0.5) is 5.95 Å². The highest BCUT2D eigenvalue weighted by atomic mass is 31.3. The maximum atomic E-state index is 12.3. The number of nitrogens with zero attached hydrogens (tertiary/aromatic N) is 3. The summed E-state index contributed by atoms with van der Waals surface area (Å²) >= 11 is 0. The molecule has 0 radical (unpaired) electrons. The first-order valence-corrected chi connectivity index (χ1v) is 14.1. The van der Waals surface area contributed by atoms with Gasteiger partial charge in [0.05, 0.1) is 31.2 Å². The summed E-state index contributed by atoms with van der Waals surface area (Å²) in [5.41, 5.74) is 4.89. The van der Waals surface area contributed by atoms with E-state index in [9.17, 15) is 49.2 Å². The normalized spacial score (nSPS) is 37.2. The Kier molecular flexibility index (Phi) is 8.15. The van der Waals surface area contributed by atoms with Crippen molar-refractivity contribution in [3.8, 4) is 0 Å². The second-order valence-electron chi connectivity index (χ2n) is 8.92. The monoisotopic (exact) mass is 587 g/mol. The summed E-state index contributed by atoms with van der Waals surface area (Å²) in [6, 6.07) is -0.905. The van der Waals surface area contributed by atoms with Gasteiger partial charge in [0.2, 0.25) is 5.95 Å². The molecule has 1 aliphatic carbocycles. The molecule has 0 bridgehead atoms. The lowest BCUT2D eigenvalue weighted by Crippen LogP contribution is -2.57. The Hall–Kier alpha value is -1.83. The number of ether oxygens (including phenoxy) is 1. The number of rotatable bonds is 8. The van der Waals surface area contributed by atoms with Crippen LogP contribution in [0.25, 0.3) is 11.2 Å². The second kappa shape index (κ2) is 10.6. The number of anilines is 1. The Balaban J connectivity index is 1.39. The lowest BCUT2D eigenvalue weighted by molar-refractivity contribution is -0.271. The van der Waals surface area contributed by atoms with Gasteiger partial charge in [-0.2, -0.15) is 9.29 Å². The highest BCUT2D eigenvalue weighted by Gasteiger charge is 2.48. The molecule has 11 atom stereocenters. The van der Waals surface area contributed by atoms with Crippen molar-refractivity contribution in [2.45, 2.75) is 62.3 Å². The third kappa shape index (κ3) is 5.85. The zero-order valence-corrected chi connectivity index (χ0v) is 21.3. The highest BCUT2D eigenvalue weighted by Crippen LogP contribution is 2.61. The van der Waals surface area contributed by atoms with Crippen LogP contribution in [0, 0.1) is 5.92 Å². The third-order valence-electron chi connectivity index (χ3n) is 6.28. The molecule has 2 aliphatic rings. The van der Waals surface area contributed by atoms with Gasteiger partial charge in [-0.15, -0.1) is 0 Å². The molecule has 214 valence electrons. The summed E-state index contributed by atoms with van der Waals surface area (Å²) < 4.78 is 44.3. The molecule has 2 aromatic rings.